The van der Waals surface area contributed by atoms with E-state index in [1.807, 2.05) is 31.2 Å². The highest BCUT2D eigenvalue weighted by Gasteiger charge is 2.14. The number of aryl methyl sites for hydroxylation is 2. The first-order valence-electron chi connectivity index (χ1n) is 8.26. The normalized spacial score (nSPS) is 10.5. The van der Waals surface area contributed by atoms with Gasteiger partial charge in [0.2, 0.25) is 0 Å². The molecule has 0 aliphatic heterocycles. The molecule has 0 unspecified atom stereocenters. The van der Waals surface area contributed by atoms with Crippen LogP contribution in [0.15, 0.2) is 54.6 Å². The maximum atomic E-state index is 12.1. The Hall–Kier alpha value is -3.12. The molecule has 2 aromatic carbocycles. The molecule has 1 heterocycles. The lowest BCUT2D eigenvalue weighted by molar-refractivity contribution is -0.119. The van der Waals surface area contributed by atoms with Gasteiger partial charge in [0.05, 0.1) is 11.3 Å². The van der Waals surface area contributed by atoms with Crippen LogP contribution in [-0.4, -0.2) is 28.3 Å². The second kappa shape index (κ2) is 8.05. The maximum absolute atomic E-state index is 12.1. The molecular weight excluding hydrogens is 366 g/mol. The van der Waals surface area contributed by atoms with Gasteiger partial charge in [0.15, 0.2) is 6.61 Å². The first-order chi connectivity index (χ1) is 12.9. The number of hydrogen-bond donors (Lipinski definition) is 1. The summed E-state index contributed by atoms with van der Waals surface area (Å²) >= 11 is 5.89. The number of benzene rings is 2. The molecule has 0 aliphatic carbocycles. The topological polar surface area (TPSA) is 73.2 Å². The van der Waals surface area contributed by atoms with Crippen molar-refractivity contribution < 1.29 is 14.3 Å². The van der Waals surface area contributed by atoms with Crippen molar-refractivity contribution in [1.29, 1.82) is 0 Å². The summed E-state index contributed by atoms with van der Waals surface area (Å²) in [4.78, 5) is 24.2. The number of hydrogen-bond acceptors (Lipinski definition) is 4. The molecule has 0 fully saturated rings. The summed E-state index contributed by atoms with van der Waals surface area (Å²) in [6.07, 6.45) is 0. The number of aromatic nitrogens is 2. The molecule has 3 rings (SSSR count). The fourth-order valence-electron chi connectivity index (χ4n) is 2.54. The first-order valence-corrected chi connectivity index (χ1v) is 8.64. The number of anilines is 1. The zero-order valence-electron chi connectivity index (χ0n) is 14.9. The Morgan fingerprint density at radius 3 is 2.56 bits per heavy atom. The molecule has 0 saturated carbocycles. The number of esters is 1. The lowest BCUT2D eigenvalue weighted by atomic mass is 10.1. The Balaban J connectivity index is 1.62. The van der Waals surface area contributed by atoms with Crippen molar-refractivity contribution >= 4 is 29.3 Å². The van der Waals surface area contributed by atoms with Crippen molar-refractivity contribution in [2.45, 2.75) is 6.92 Å². The molecule has 0 saturated heterocycles. The van der Waals surface area contributed by atoms with E-state index in [2.05, 4.69) is 10.4 Å². The molecule has 0 spiro atoms. The Labute approximate surface area is 161 Å². The van der Waals surface area contributed by atoms with Gasteiger partial charge in [-0.15, -0.1) is 0 Å². The molecule has 1 N–H and O–H groups in total. The van der Waals surface area contributed by atoms with Crippen molar-refractivity contribution in [3.63, 3.8) is 0 Å². The molecule has 0 aliphatic rings. The summed E-state index contributed by atoms with van der Waals surface area (Å²) < 4.78 is 6.64. The summed E-state index contributed by atoms with van der Waals surface area (Å²) in [6.45, 7) is 1.43. The Morgan fingerprint density at radius 2 is 1.85 bits per heavy atom. The quantitative estimate of drug-likeness (QED) is 0.679. The first kappa shape index (κ1) is 18.7. The fraction of sp³-hybridized carbons (Fsp3) is 0.150. The highest BCUT2D eigenvalue weighted by Crippen LogP contribution is 2.23. The zero-order valence-corrected chi connectivity index (χ0v) is 15.7. The number of carbonyl (C=O) groups is 2. The van der Waals surface area contributed by atoms with Gasteiger partial charge in [-0.1, -0.05) is 41.9 Å². The van der Waals surface area contributed by atoms with E-state index < -0.39 is 11.9 Å². The molecule has 138 valence electrons. The van der Waals surface area contributed by atoms with Gasteiger partial charge in [-0.3, -0.25) is 9.48 Å². The Morgan fingerprint density at radius 1 is 1.15 bits per heavy atom. The average molecular weight is 384 g/mol. The number of nitrogens with zero attached hydrogens (tertiary/aromatic N) is 2. The summed E-state index contributed by atoms with van der Waals surface area (Å²) in [5, 5.41) is 7.70. The highest BCUT2D eigenvalue weighted by atomic mass is 35.5. The lowest BCUT2D eigenvalue weighted by Crippen LogP contribution is -2.22. The van der Waals surface area contributed by atoms with Crippen LogP contribution in [0.1, 0.15) is 15.9 Å². The highest BCUT2D eigenvalue weighted by molar-refractivity contribution is 6.30. The molecule has 0 atom stereocenters. The van der Waals surface area contributed by atoms with Crippen LogP contribution in [0, 0.1) is 6.92 Å². The molecule has 3 aromatic rings. The van der Waals surface area contributed by atoms with Gasteiger partial charge in [-0.2, -0.15) is 5.10 Å². The van der Waals surface area contributed by atoms with Gasteiger partial charge in [0.1, 0.15) is 5.82 Å². The predicted octanol–water partition coefficient (Wildman–Crippen LogP) is 3.84. The second-order valence-corrected chi connectivity index (χ2v) is 6.42. The van der Waals surface area contributed by atoms with Crippen LogP contribution in [0.4, 0.5) is 5.82 Å². The van der Waals surface area contributed by atoms with E-state index >= 15 is 0 Å². The minimum atomic E-state index is -0.532. The van der Waals surface area contributed by atoms with Crippen molar-refractivity contribution in [2.24, 2.45) is 7.05 Å². The fourth-order valence-corrected chi connectivity index (χ4v) is 2.66. The van der Waals surface area contributed by atoms with Gasteiger partial charge >= 0.3 is 5.97 Å². The predicted molar refractivity (Wildman–Crippen MR) is 104 cm³/mol. The van der Waals surface area contributed by atoms with E-state index in [1.165, 1.54) is 0 Å². The van der Waals surface area contributed by atoms with Gasteiger partial charge < -0.3 is 10.1 Å². The van der Waals surface area contributed by atoms with Crippen LogP contribution in [0.25, 0.3) is 11.3 Å². The van der Waals surface area contributed by atoms with Crippen molar-refractivity contribution in [1.82, 2.24) is 9.78 Å². The van der Waals surface area contributed by atoms with E-state index in [0.717, 1.165) is 11.1 Å². The standard InChI is InChI=1S/C20H18ClN3O3/c1-13-5-3-4-6-16(13)20(26)27-12-19(25)22-18-11-17(23-24(18)2)14-7-9-15(21)10-8-14/h3-11H,12H2,1-2H3,(H,22,25). The van der Waals surface area contributed by atoms with E-state index in [1.54, 1.807) is 42.1 Å². The molecule has 0 bridgehead atoms. The number of nitrogens with one attached hydrogen (secondary N) is 1. The summed E-state index contributed by atoms with van der Waals surface area (Å²) in [5.74, 6) is -0.477. The smallest absolute Gasteiger partial charge is 0.338 e. The van der Waals surface area contributed by atoms with Crippen LogP contribution >= 0.6 is 11.6 Å². The molecule has 1 amide bonds. The Bertz CT molecular complexity index is 980. The third kappa shape index (κ3) is 4.54. The summed E-state index contributed by atoms with van der Waals surface area (Å²) in [6, 6.07) is 16.0. The number of carbonyl (C=O) groups excluding carboxylic acids is 2. The molecule has 27 heavy (non-hydrogen) atoms. The number of rotatable bonds is 5. The second-order valence-electron chi connectivity index (χ2n) is 5.98. The van der Waals surface area contributed by atoms with Crippen LogP contribution in [0.2, 0.25) is 5.02 Å². The van der Waals surface area contributed by atoms with E-state index in [-0.39, 0.29) is 6.61 Å². The van der Waals surface area contributed by atoms with Crippen LogP contribution in [0.5, 0.6) is 0 Å². The molecular formula is C20H18ClN3O3. The third-order valence-corrected chi connectivity index (χ3v) is 4.24. The minimum Gasteiger partial charge on any atom is -0.452 e. The van der Waals surface area contributed by atoms with Crippen molar-refractivity contribution in [3.05, 3.63) is 70.7 Å². The van der Waals surface area contributed by atoms with Crippen LogP contribution in [0.3, 0.4) is 0 Å². The number of ether oxygens (including phenoxy) is 1. The molecule has 6 nitrogen and oxygen atoms in total. The van der Waals surface area contributed by atoms with Gasteiger partial charge in [0.25, 0.3) is 5.91 Å². The van der Waals surface area contributed by atoms with E-state index in [9.17, 15) is 9.59 Å². The van der Waals surface area contributed by atoms with Crippen LogP contribution < -0.4 is 5.32 Å². The molecule has 1 aromatic heterocycles. The third-order valence-electron chi connectivity index (χ3n) is 3.99. The van der Waals surface area contributed by atoms with Crippen molar-refractivity contribution in [3.8, 4) is 11.3 Å². The maximum Gasteiger partial charge on any atom is 0.338 e. The van der Waals surface area contributed by atoms with Crippen LogP contribution in [-0.2, 0) is 16.6 Å². The van der Waals surface area contributed by atoms with Gasteiger partial charge in [0, 0.05) is 23.7 Å². The summed E-state index contributed by atoms with van der Waals surface area (Å²) in [7, 11) is 1.72. The summed E-state index contributed by atoms with van der Waals surface area (Å²) in [5.41, 5.74) is 2.81. The van der Waals surface area contributed by atoms with E-state index in [0.29, 0.717) is 22.1 Å². The average Bonchev–Trinajstić information content (AvgIpc) is 3.01. The van der Waals surface area contributed by atoms with Gasteiger partial charge in [-0.05, 0) is 30.7 Å². The minimum absolute atomic E-state index is 0.380. The van der Waals surface area contributed by atoms with Gasteiger partial charge in [-0.25, -0.2) is 4.79 Å². The number of amides is 1. The lowest BCUT2D eigenvalue weighted by Gasteiger charge is -2.07. The largest absolute Gasteiger partial charge is 0.452 e. The van der Waals surface area contributed by atoms with Crippen molar-refractivity contribution in [2.75, 3.05) is 11.9 Å². The monoisotopic (exact) mass is 383 g/mol. The van der Waals surface area contributed by atoms with E-state index in [4.69, 9.17) is 16.3 Å². The number of halogens is 1. The molecule has 0 radical (unpaired) electrons. The molecule has 7 heteroatoms. The zero-order chi connectivity index (χ0) is 19.4. The SMILES string of the molecule is Cc1ccccc1C(=O)OCC(=O)Nc1cc(-c2ccc(Cl)cc2)nn1C. The Kier molecular flexibility index (Phi) is 5.57.